The molecule has 0 saturated heterocycles. The van der Waals surface area contributed by atoms with Crippen LogP contribution in [-0.2, 0) is 9.53 Å². The molecule has 0 spiro atoms. The molecule has 2 heteroatoms. The smallest absolute Gasteiger partial charge is 0.312 e. The molecule has 0 amide bonds. The third kappa shape index (κ3) is 12.0. The first kappa shape index (κ1) is 25.5. The van der Waals surface area contributed by atoms with Crippen LogP contribution in [0.25, 0.3) is 0 Å². The van der Waals surface area contributed by atoms with Gasteiger partial charge in [0.1, 0.15) is 0 Å². The molecule has 1 atom stereocenters. The van der Waals surface area contributed by atoms with Gasteiger partial charge in [0.05, 0.1) is 12.0 Å². The van der Waals surface area contributed by atoms with Crippen LogP contribution in [-0.4, -0.2) is 12.6 Å². The predicted octanol–water partition coefficient (Wildman–Crippen LogP) is 8.08. The second-order valence-electron chi connectivity index (χ2n) is 8.70. The van der Waals surface area contributed by atoms with Gasteiger partial charge in [-0.1, -0.05) is 105 Å². The summed E-state index contributed by atoms with van der Waals surface area (Å²) in [5, 5.41) is 0. The molecule has 0 aliphatic rings. The van der Waals surface area contributed by atoms with Crippen LogP contribution in [0.1, 0.15) is 131 Å². The van der Waals surface area contributed by atoms with Gasteiger partial charge in [-0.2, -0.15) is 0 Å². The van der Waals surface area contributed by atoms with E-state index in [1.807, 2.05) is 0 Å². The number of esters is 1. The molecule has 26 heavy (non-hydrogen) atoms. The molecule has 0 heterocycles. The van der Waals surface area contributed by atoms with Crippen molar-refractivity contribution in [2.45, 2.75) is 131 Å². The van der Waals surface area contributed by atoms with Crippen molar-refractivity contribution in [3.63, 3.8) is 0 Å². The van der Waals surface area contributed by atoms with Crippen molar-refractivity contribution in [1.82, 2.24) is 0 Å². The summed E-state index contributed by atoms with van der Waals surface area (Å²) >= 11 is 0. The fourth-order valence-corrected chi connectivity index (χ4v) is 4.03. The van der Waals surface area contributed by atoms with Crippen LogP contribution in [0.4, 0.5) is 0 Å². The van der Waals surface area contributed by atoms with Gasteiger partial charge in [0.2, 0.25) is 0 Å². The summed E-state index contributed by atoms with van der Waals surface area (Å²) in [6, 6.07) is 0. The van der Waals surface area contributed by atoms with E-state index in [9.17, 15) is 4.79 Å². The molecule has 0 aliphatic carbocycles. The Morgan fingerprint density at radius 3 is 1.69 bits per heavy atom. The minimum atomic E-state index is -0.236. The molecule has 0 aliphatic heterocycles. The molecule has 156 valence electrons. The average Bonchev–Trinajstić information content (AvgIpc) is 2.61. The van der Waals surface area contributed by atoms with Crippen molar-refractivity contribution in [3.05, 3.63) is 0 Å². The van der Waals surface area contributed by atoms with Crippen LogP contribution >= 0.6 is 0 Å². The summed E-state index contributed by atoms with van der Waals surface area (Å²) in [6.45, 7) is 11.8. The molecule has 0 saturated carbocycles. The maximum atomic E-state index is 13.1. The van der Waals surface area contributed by atoms with Crippen molar-refractivity contribution in [2.24, 2.45) is 11.3 Å². The first-order valence-electron chi connectivity index (χ1n) is 11.7. The summed E-state index contributed by atoms with van der Waals surface area (Å²) in [6.07, 6.45) is 17.6. The van der Waals surface area contributed by atoms with Crippen LogP contribution in [0, 0.1) is 11.3 Å². The second kappa shape index (κ2) is 16.6. The number of hydrogen-bond donors (Lipinski definition) is 0. The highest BCUT2D eigenvalue weighted by Crippen LogP contribution is 2.39. The number of rotatable bonds is 18. The third-order valence-electron chi connectivity index (χ3n) is 5.48. The Morgan fingerprint density at radius 1 is 0.731 bits per heavy atom. The van der Waals surface area contributed by atoms with Crippen molar-refractivity contribution in [2.75, 3.05) is 6.61 Å². The van der Waals surface area contributed by atoms with E-state index in [2.05, 4.69) is 34.6 Å². The van der Waals surface area contributed by atoms with Gasteiger partial charge in [-0.25, -0.2) is 0 Å². The molecule has 0 N–H and O–H groups in total. The lowest BCUT2D eigenvalue weighted by Crippen LogP contribution is -2.35. The Labute approximate surface area is 164 Å². The monoisotopic (exact) mass is 368 g/mol. The second-order valence-corrected chi connectivity index (χ2v) is 8.70. The summed E-state index contributed by atoms with van der Waals surface area (Å²) in [5.41, 5.74) is -0.236. The zero-order valence-electron chi connectivity index (χ0n) is 18.7. The molecular formula is C24H48O2. The SMILES string of the molecule is CCCCCCCC(CCCCCC)(CC(C)C)C(=O)OCCCCC. The molecule has 1 unspecified atom stereocenters. The fraction of sp³-hybridized carbons (Fsp3) is 0.958. The van der Waals surface area contributed by atoms with E-state index >= 15 is 0 Å². The molecule has 0 aromatic heterocycles. The Bertz CT molecular complexity index is 324. The lowest BCUT2D eigenvalue weighted by molar-refractivity contribution is -0.158. The number of hydrogen-bond acceptors (Lipinski definition) is 2. The normalized spacial score (nSPS) is 13.8. The largest absolute Gasteiger partial charge is 0.465 e. The Hall–Kier alpha value is -0.530. The Morgan fingerprint density at radius 2 is 1.19 bits per heavy atom. The van der Waals surface area contributed by atoms with Gasteiger partial charge in [0, 0.05) is 0 Å². The van der Waals surface area contributed by atoms with E-state index in [1.165, 1.54) is 64.2 Å². The molecule has 0 bridgehead atoms. The van der Waals surface area contributed by atoms with Gasteiger partial charge in [-0.05, 0) is 31.6 Å². The van der Waals surface area contributed by atoms with Crippen LogP contribution in [0.2, 0.25) is 0 Å². The van der Waals surface area contributed by atoms with Crippen molar-refractivity contribution in [3.8, 4) is 0 Å². The Balaban J connectivity index is 4.88. The summed E-state index contributed by atoms with van der Waals surface area (Å²) in [4.78, 5) is 13.1. The number of carbonyl (C=O) groups excluding carboxylic acids is 1. The third-order valence-corrected chi connectivity index (χ3v) is 5.48. The van der Waals surface area contributed by atoms with Crippen molar-refractivity contribution >= 4 is 5.97 Å². The van der Waals surface area contributed by atoms with Gasteiger partial charge in [-0.15, -0.1) is 0 Å². The fourth-order valence-electron chi connectivity index (χ4n) is 4.03. The maximum absolute atomic E-state index is 13.1. The van der Waals surface area contributed by atoms with Gasteiger partial charge < -0.3 is 4.74 Å². The summed E-state index contributed by atoms with van der Waals surface area (Å²) in [5.74, 6) is 0.648. The zero-order chi connectivity index (χ0) is 19.7. The summed E-state index contributed by atoms with van der Waals surface area (Å²) in [7, 11) is 0. The minimum Gasteiger partial charge on any atom is -0.465 e. The van der Waals surface area contributed by atoms with E-state index in [4.69, 9.17) is 4.74 Å². The number of carbonyl (C=O) groups is 1. The van der Waals surface area contributed by atoms with E-state index in [-0.39, 0.29) is 11.4 Å². The highest BCUT2D eigenvalue weighted by molar-refractivity contribution is 5.76. The molecule has 0 aromatic carbocycles. The lowest BCUT2D eigenvalue weighted by atomic mass is 9.72. The standard InChI is InChI=1S/C24H48O2/c1-6-9-12-14-16-19-24(21-22(4)5,18-15-13-10-7-2)23(25)26-20-17-11-8-3/h22H,6-21H2,1-5H3. The first-order chi connectivity index (χ1) is 12.5. The average molecular weight is 369 g/mol. The molecule has 0 rings (SSSR count). The predicted molar refractivity (Wildman–Crippen MR) is 115 cm³/mol. The van der Waals surface area contributed by atoms with E-state index in [0.29, 0.717) is 12.5 Å². The van der Waals surface area contributed by atoms with Gasteiger partial charge in [0.25, 0.3) is 0 Å². The van der Waals surface area contributed by atoms with E-state index < -0.39 is 0 Å². The van der Waals surface area contributed by atoms with Gasteiger partial charge in [0.15, 0.2) is 0 Å². The molecule has 2 nitrogen and oxygen atoms in total. The van der Waals surface area contributed by atoms with E-state index in [1.54, 1.807) is 0 Å². The topological polar surface area (TPSA) is 26.3 Å². The quantitative estimate of drug-likeness (QED) is 0.180. The molecule has 0 radical (unpaired) electrons. The van der Waals surface area contributed by atoms with Crippen LogP contribution < -0.4 is 0 Å². The maximum Gasteiger partial charge on any atom is 0.312 e. The van der Waals surface area contributed by atoms with Crippen LogP contribution in [0.3, 0.4) is 0 Å². The van der Waals surface area contributed by atoms with Crippen LogP contribution in [0.5, 0.6) is 0 Å². The van der Waals surface area contributed by atoms with Gasteiger partial charge in [-0.3, -0.25) is 4.79 Å². The highest BCUT2D eigenvalue weighted by Gasteiger charge is 2.39. The molecular weight excluding hydrogens is 320 g/mol. The van der Waals surface area contributed by atoms with Crippen LogP contribution in [0.15, 0.2) is 0 Å². The lowest BCUT2D eigenvalue weighted by Gasteiger charge is -2.33. The van der Waals surface area contributed by atoms with Crippen molar-refractivity contribution in [1.29, 1.82) is 0 Å². The van der Waals surface area contributed by atoms with Gasteiger partial charge >= 0.3 is 5.97 Å². The number of unbranched alkanes of at least 4 members (excludes halogenated alkanes) is 9. The Kier molecular flexibility index (Phi) is 16.3. The molecule has 0 aromatic rings. The first-order valence-corrected chi connectivity index (χ1v) is 11.7. The van der Waals surface area contributed by atoms with Crippen molar-refractivity contribution < 1.29 is 9.53 Å². The minimum absolute atomic E-state index is 0.106. The number of ether oxygens (including phenoxy) is 1. The zero-order valence-corrected chi connectivity index (χ0v) is 18.7. The molecule has 0 fully saturated rings. The highest BCUT2D eigenvalue weighted by atomic mass is 16.5. The summed E-state index contributed by atoms with van der Waals surface area (Å²) < 4.78 is 5.81. The van der Waals surface area contributed by atoms with E-state index in [0.717, 1.165) is 32.1 Å².